The summed E-state index contributed by atoms with van der Waals surface area (Å²) in [5.74, 6) is 1.09. The highest BCUT2D eigenvalue weighted by Crippen LogP contribution is 2.38. The van der Waals surface area contributed by atoms with E-state index in [4.69, 9.17) is 17.0 Å². The Balaban J connectivity index is 2.19. The van der Waals surface area contributed by atoms with Crippen LogP contribution < -0.4 is 0 Å². The van der Waals surface area contributed by atoms with Crippen molar-refractivity contribution in [3.05, 3.63) is 0 Å². The van der Waals surface area contributed by atoms with Gasteiger partial charge in [0.05, 0.1) is 0 Å². The zero-order chi connectivity index (χ0) is 16.1. The van der Waals surface area contributed by atoms with E-state index in [1.807, 2.05) is 0 Å². The first-order valence-corrected chi connectivity index (χ1v) is 11.0. The van der Waals surface area contributed by atoms with E-state index in [0.717, 1.165) is 10.1 Å². The van der Waals surface area contributed by atoms with Crippen molar-refractivity contribution in [3.8, 4) is 0 Å². The summed E-state index contributed by atoms with van der Waals surface area (Å²) in [5.41, 5.74) is 0.0806. The normalized spacial score (nSPS) is 16.9. The van der Waals surface area contributed by atoms with E-state index in [-0.39, 0.29) is 5.60 Å². The summed E-state index contributed by atoms with van der Waals surface area (Å²) in [5, 5.41) is 0. The molecule has 1 saturated heterocycles. The van der Waals surface area contributed by atoms with Gasteiger partial charge >= 0.3 is 0 Å². The van der Waals surface area contributed by atoms with Crippen molar-refractivity contribution in [3.63, 3.8) is 0 Å². The lowest BCUT2D eigenvalue weighted by Gasteiger charge is -2.27. The van der Waals surface area contributed by atoms with Crippen molar-refractivity contribution in [2.24, 2.45) is 0 Å². The van der Waals surface area contributed by atoms with Gasteiger partial charge in [0.2, 0.25) is 4.38 Å². The average molecular weight is 345 g/mol. The lowest BCUT2D eigenvalue weighted by molar-refractivity contribution is 0.0723. The molecule has 1 aliphatic rings. The van der Waals surface area contributed by atoms with Crippen LogP contribution in [0, 0.1) is 0 Å². The Labute approximate surface area is 148 Å². The van der Waals surface area contributed by atoms with E-state index in [1.165, 1.54) is 89.9 Å². The number of thiocarbonyl (C=S) groups is 1. The Morgan fingerprint density at radius 2 is 1.27 bits per heavy atom. The zero-order valence-electron chi connectivity index (χ0n) is 14.8. The molecule has 1 fully saturated rings. The molecular formula is C19H36OS2. The summed E-state index contributed by atoms with van der Waals surface area (Å²) >= 11 is 7.04. The van der Waals surface area contributed by atoms with Crippen LogP contribution in [0.1, 0.15) is 104 Å². The van der Waals surface area contributed by atoms with E-state index < -0.39 is 0 Å². The maximum Gasteiger partial charge on any atom is 0.220 e. The molecule has 1 nitrogen and oxygen atoms in total. The molecule has 0 bridgehead atoms. The predicted octanol–water partition coefficient (Wildman–Crippen LogP) is 7.27. The minimum atomic E-state index is 0.0806. The molecule has 130 valence electrons. The van der Waals surface area contributed by atoms with E-state index in [0.29, 0.717) is 0 Å². The molecule has 0 N–H and O–H groups in total. The van der Waals surface area contributed by atoms with Crippen LogP contribution >= 0.6 is 24.0 Å². The molecule has 0 saturated carbocycles. The Bertz CT molecular complexity index is 275. The van der Waals surface area contributed by atoms with Crippen molar-refractivity contribution < 1.29 is 4.74 Å². The van der Waals surface area contributed by atoms with Gasteiger partial charge in [0.15, 0.2) is 0 Å². The van der Waals surface area contributed by atoms with Crippen molar-refractivity contribution in [2.75, 3.05) is 5.75 Å². The smallest absolute Gasteiger partial charge is 0.220 e. The van der Waals surface area contributed by atoms with Crippen LogP contribution in [0.25, 0.3) is 0 Å². The SMILES string of the molecule is CCCCCCCCC1(CCCCCCCC)CSC(=S)O1. The first kappa shape index (κ1) is 20.3. The molecule has 0 atom stereocenters. The third-order valence-corrected chi connectivity index (χ3v) is 6.15. The van der Waals surface area contributed by atoms with Crippen LogP contribution in [0.2, 0.25) is 0 Å². The van der Waals surface area contributed by atoms with Gasteiger partial charge in [-0.25, -0.2) is 0 Å². The highest BCUT2D eigenvalue weighted by Gasteiger charge is 2.38. The highest BCUT2D eigenvalue weighted by atomic mass is 32.2. The van der Waals surface area contributed by atoms with Gasteiger partial charge in [0.25, 0.3) is 0 Å². The van der Waals surface area contributed by atoms with Gasteiger partial charge in [-0.2, -0.15) is 0 Å². The van der Waals surface area contributed by atoms with Gasteiger partial charge in [0.1, 0.15) is 5.60 Å². The Morgan fingerprint density at radius 3 is 1.68 bits per heavy atom. The fourth-order valence-electron chi connectivity index (χ4n) is 3.25. The van der Waals surface area contributed by atoms with Crippen molar-refractivity contribution in [1.82, 2.24) is 0 Å². The van der Waals surface area contributed by atoms with E-state index in [9.17, 15) is 0 Å². The van der Waals surface area contributed by atoms with Crippen LogP contribution in [0.15, 0.2) is 0 Å². The van der Waals surface area contributed by atoms with Gasteiger partial charge < -0.3 is 4.74 Å². The molecule has 22 heavy (non-hydrogen) atoms. The monoisotopic (exact) mass is 344 g/mol. The molecule has 0 amide bonds. The summed E-state index contributed by atoms with van der Waals surface area (Å²) in [6.45, 7) is 4.56. The Kier molecular flexibility index (Phi) is 11.7. The molecule has 0 aromatic heterocycles. The van der Waals surface area contributed by atoms with E-state index in [2.05, 4.69) is 13.8 Å². The molecular weight excluding hydrogens is 308 g/mol. The maximum absolute atomic E-state index is 6.10. The molecule has 0 spiro atoms. The summed E-state index contributed by atoms with van der Waals surface area (Å²) < 4.78 is 6.89. The minimum absolute atomic E-state index is 0.0806. The Hall–Kier alpha value is 0.240. The summed E-state index contributed by atoms with van der Waals surface area (Å²) in [4.78, 5) is 0. The largest absolute Gasteiger partial charge is 0.471 e. The molecule has 0 aromatic rings. The van der Waals surface area contributed by atoms with Gasteiger partial charge in [0, 0.05) is 5.75 Å². The minimum Gasteiger partial charge on any atom is -0.471 e. The topological polar surface area (TPSA) is 9.23 Å². The molecule has 0 aromatic carbocycles. The van der Waals surface area contributed by atoms with Gasteiger partial charge in [-0.1, -0.05) is 89.8 Å². The third kappa shape index (κ3) is 8.76. The summed E-state index contributed by atoms with van der Waals surface area (Å²) in [6.07, 6.45) is 18.8. The van der Waals surface area contributed by atoms with Crippen molar-refractivity contribution >= 4 is 28.4 Å². The summed E-state index contributed by atoms with van der Waals surface area (Å²) in [7, 11) is 0. The van der Waals surface area contributed by atoms with Crippen molar-refractivity contribution in [2.45, 2.75) is 109 Å². The lowest BCUT2D eigenvalue weighted by Crippen LogP contribution is -2.31. The highest BCUT2D eigenvalue weighted by molar-refractivity contribution is 8.22. The number of thioether (sulfide) groups is 1. The first-order valence-electron chi connectivity index (χ1n) is 9.58. The molecule has 1 aliphatic heterocycles. The molecule has 1 heterocycles. The molecule has 1 rings (SSSR count). The fourth-order valence-corrected chi connectivity index (χ4v) is 4.57. The van der Waals surface area contributed by atoms with E-state index in [1.54, 1.807) is 11.8 Å². The van der Waals surface area contributed by atoms with Crippen LogP contribution in [0.4, 0.5) is 0 Å². The zero-order valence-corrected chi connectivity index (χ0v) is 16.5. The number of rotatable bonds is 14. The molecule has 3 heteroatoms. The van der Waals surface area contributed by atoms with Crippen LogP contribution in [-0.4, -0.2) is 15.7 Å². The number of hydrogen-bond acceptors (Lipinski definition) is 3. The number of unbranched alkanes of at least 4 members (excludes halogenated alkanes) is 10. The standard InChI is InChI=1S/C19H36OS2/c1-3-5-7-9-11-13-15-19(17-22-18(21)20-19)16-14-12-10-8-6-4-2/h3-17H2,1-2H3. The fraction of sp³-hybridized carbons (Fsp3) is 0.947. The van der Waals surface area contributed by atoms with Crippen LogP contribution in [-0.2, 0) is 4.74 Å². The third-order valence-electron chi connectivity index (χ3n) is 4.72. The second-order valence-electron chi connectivity index (χ2n) is 6.86. The Morgan fingerprint density at radius 1 is 0.818 bits per heavy atom. The second-order valence-corrected chi connectivity index (χ2v) is 8.44. The molecule has 0 aliphatic carbocycles. The summed E-state index contributed by atoms with van der Waals surface area (Å²) in [6, 6.07) is 0. The number of ether oxygens (including phenoxy) is 1. The lowest BCUT2D eigenvalue weighted by atomic mass is 9.91. The molecule has 0 radical (unpaired) electrons. The van der Waals surface area contributed by atoms with Crippen molar-refractivity contribution in [1.29, 1.82) is 0 Å². The van der Waals surface area contributed by atoms with Gasteiger partial charge in [-0.3, -0.25) is 0 Å². The maximum atomic E-state index is 6.10. The van der Waals surface area contributed by atoms with E-state index >= 15 is 0 Å². The van der Waals surface area contributed by atoms with Gasteiger partial charge in [-0.15, -0.1) is 0 Å². The van der Waals surface area contributed by atoms with Gasteiger partial charge in [-0.05, 0) is 37.9 Å². The average Bonchev–Trinajstić information content (AvgIpc) is 2.88. The predicted molar refractivity (Wildman–Crippen MR) is 105 cm³/mol. The first-order chi connectivity index (χ1) is 10.7. The second kappa shape index (κ2) is 12.6. The van der Waals surface area contributed by atoms with Crippen LogP contribution in [0.3, 0.4) is 0 Å². The molecule has 0 unspecified atom stereocenters. The number of hydrogen-bond donors (Lipinski definition) is 0. The van der Waals surface area contributed by atoms with Crippen LogP contribution in [0.5, 0.6) is 0 Å². The quantitative estimate of drug-likeness (QED) is 0.242.